The Bertz CT molecular complexity index is 250. The third-order valence-corrected chi connectivity index (χ3v) is 2.34. The summed E-state index contributed by atoms with van der Waals surface area (Å²) >= 11 is 0. The van der Waals surface area contributed by atoms with Crippen molar-refractivity contribution in [2.24, 2.45) is 5.92 Å². The van der Waals surface area contributed by atoms with Crippen molar-refractivity contribution in [1.29, 1.82) is 0 Å². The lowest BCUT2D eigenvalue weighted by Crippen LogP contribution is -2.52. The predicted molar refractivity (Wildman–Crippen MR) is 63.2 cm³/mol. The molecule has 0 rings (SSSR count). The number of aliphatic hydroxyl groups is 2. The number of hydrogen-bond acceptors (Lipinski definition) is 4. The monoisotopic (exact) mass is 246 g/mol. The summed E-state index contributed by atoms with van der Waals surface area (Å²) in [5.74, 6) is -0.602. The highest BCUT2D eigenvalue weighted by atomic mass is 16.3. The highest BCUT2D eigenvalue weighted by Crippen LogP contribution is 2.06. The summed E-state index contributed by atoms with van der Waals surface area (Å²) in [5, 5.41) is 20.3. The minimum atomic E-state index is -0.620. The Labute approximate surface area is 102 Å². The van der Waals surface area contributed by atoms with Gasteiger partial charge in [0.15, 0.2) is 0 Å². The van der Waals surface area contributed by atoms with Gasteiger partial charge in [-0.2, -0.15) is 0 Å². The highest BCUT2D eigenvalue weighted by Gasteiger charge is 2.27. The van der Waals surface area contributed by atoms with Crippen molar-refractivity contribution in [3.05, 3.63) is 0 Å². The second-order valence-electron chi connectivity index (χ2n) is 4.19. The Morgan fingerprint density at radius 1 is 1.18 bits per heavy atom. The van der Waals surface area contributed by atoms with Gasteiger partial charge >= 0.3 is 0 Å². The standard InChI is InChI=1S/C11H22N2O4/c1-8(2)10(12-9(3)16)11(17)13(4-6-14)5-7-15/h8,10,14-15H,4-7H2,1-3H3,(H,12,16). The second kappa shape index (κ2) is 8.03. The van der Waals surface area contributed by atoms with E-state index in [1.807, 2.05) is 13.8 Å². The van der Waals surface area contributed by atoms with Crippen LogP contribution in [-0.4, -0.2) is 59.3 Å². The van der Waals surface area contributed by atoms with Gasteiger partial charge in [-0.05, 0) is 5.92 Å². The van der Waals surface area contributed by atoms with Crippen molar-refractivity contribution in [2.45, 2.75) is 26.8 Å². The molecule has 0 aromatic carbocycles. The molecule has 3 N–H and O–H groups in total. The molecule has 0 aliphatic heterocycles. The van der Waals surface area contributed by atoms with E-state index in [1.165, 1.54) is 11.8 Å². The Morgan fingerprint density at radius 3 is 1.94 bits per heavy atom. The molecular weight excluding hydrogens is 224 g/mol. The van der Waals surface area contributed by atoms with Crippen LogP contribution >= 0.6 is 0 Å². The Balaban J connectivity index is 4.70. The first kappa shape index (κ1) is 15.9. The van der Waals surface area contributed by atoms with Crippen LogP contribution in [0.15, 0.2) is 0 Å². The van der Waals surface area contributed by atoms with Crippen molar-refractivity contribution in [3.8, 4) is 0 Å². The topological polar surface area (TPSA) is 89.9 Å². The van der Waals surface area contributed by atoms with Gasteiger partial charge < -0.3 is 20.4 Å². The maximum absolute atomic E-state index is 12.1. The number of carbonyl (C=O) groups is 2. The van der Waals surface area contributed by atoms with Crippen LogP contribution in [0.4, 0.5) is 0 Å². The van der Waals surface area contributed by atoms with Gasteiger partial charge in [0.1, 0.15) is 6.04 Å². The quantitative estimate of drug-likeness (QED) is 0.535. The third kappa shape index (κ3) is 5.65. The molecule has 0 saturated heterocycles. The first-order chi connectivity index (χ1) is 7.93. The fourth-order valence-corrected chi connectivity index (χ4v) is 1.50. The molecule has 0 saturated carbocycles. The maximum Gasteiger partial charge on any atom is 0.245 e. The molecule has 0 radical (unpaired) electrons. The van der Waals surface area contributed by atoms with Crippen LogP contribution in [0.2, 0.25) is 0 Å². The summed E-state index contributed by atoms with van der Waals surface area (Å²) < 4.78 is 0. The lowest BCUT2D eigenvalue weighted by molar-refractivity contribution is -0.138. The van der Waals surface area contributed by atoms with Crippen LogP contribution in [0.5, 0.6) is 0 Å². The molecule has 2 amide bonds. The number of rotatable bonds is 7. The lowest BCUT2D eigenvalue weighted by atomic mass is 10.0. The van der Waals surface area contributed by atoms with Crippen molar-refractivity contribution < 1.29 is 19.8 Å². The van der Waals surface area contributed by atoms with E-state index < -0.39 is 6.04 Å². The predicted octanol–water partition coefficient (Wildman–Crippen LogP) is -1.04. The van der Waals surface area contributed by atoms with E-state index in [4.69, 9.17) is 10.2 Å². The fourth-order valence-electron chi connectivity index (χ4n) is 1.50. The van der Waals surface area contributed by atoms with Gasteiger partial charge in [0.2, 0.25) is 11.8 Å². The molecule has 1 atom stereocenters. The summed E-state index contributed by atoms with van der Waals surface area (Å²) in [6.45, 7) is 4.98. The number of amides is 2. The normalized spacial score (nSPS) is 12.4. The number of carbonyl (C=O) groups excluding carboxylic acids is 2. The zero-order valence-electron chi connectivity index (χ0n) is 10.6. The Morgan fingerprint density at radius 2 is 1.65 bits per heavy atom. The van der Waals surface area contributed by atoms with E-state index in [2.05, 4.69) is 5.32 Å². The molecule has 6 heteroatoms. The second-order valence-corrected chi connectivity index (χ2v) is 4.19. The number of nitrogens with zero attached hydrogens (tertiary/aromatic N) is 1. The summed E-state index contributed by atoms with van der Waals surface area (Å²) in [7, 11) is 0. The first-order valence-corrected chi connectivity index (χ1v) is 5.71. The molecule has 0 fully saturated rings. The first-order valence-electron chi connectivity index (χ1n) is 5.71. The molecular formula is C11H22N2O4. The molecule has 0 heterocycles. The molecule has 17 heavy (non-hydrogen) atoms. The van der Waals surface area contributed by atoms with Crippen LogP contribution in [0, 0.1) is 5.92 Å². The van der Waals surface area contributed by atoms with Crippen molar-refractivity contribution in [1.82, 2.24) is 10.2 Å². The van der Waals surface area contributed by atoms with E-state index in [0.29, 0.717) is 0 Å². The van der Waals surface area contributed by atoms with Crippen molar-refractivity contribution in [3.63, 3.8) is 0 Å². The molecule has 0 aromatic heterocycles. The summed E-state index contributed by atoms with van der Waals surface area (Å²) in [4.78, 5) is 24.5. The SMILES string of the molecule is CC(=O)NC(C(=O)N(CCO)CCO)C(C)C. The molecule has 6 nitrogen and oxygen atoms in total. The minimum absolute atomic E-state index is 0.0497. The van der Waals surface area contributed by atoms with Crippen LogP contribution in [-0.2, 0) is 9.59 Å². The average Bonchev–Trinajstić information content (AvgIpc) is 2.24. The number of hydrogen-bond donors (Lipinski definition) is 3. The van der Waals surface area contributed by atoms with Gasteiger partial charge in [-0.3, -0.25) is 9.59 Å². The highest BCUT2D eigenvalue weighted by molar-refractivity contribution is 5.87. The van der Waals surface area contributed by atoms with E-state index in [9.17, 15) is 9.59 Å². The van der Waals surface area contributed by atoms with Gasteiger partial charge in [0, 0.05) is 20.0 Å². The molecule has 0 spiro atoms. The van der Waals surface area contributed by atoms with E-state index in [1.54, 1.807) is 0 Å². The molecule has 0 bridgehead atoms. The number of aliphatic hydroxyl groups excluding tert-OH is 2. The molecule has 0 aliphatic rings. The molecule has 0 aromatic rings. The van der Waals surface area contributed by atoms with Crippen LogP contribution in [0.1, 0.15) is 20.8 Å². The van der Waals surface area contributed by atoms with Gasteiger partial charge in [-0.15, -0.1) is 0 Å². The minimum Gasteiger partial charge on any atom is -0.395 e. The summed E-state index contributed by atoms with van der Waals surface area (Å²) in [6.07, 6.45) is 0. The van der Waals surface area contributed by atoms with Crippen molar-refractivity contribution in [2.75, 3.05) is 26.3 Å². The van der Waals surface area contributed by atoms with Crippen LogP contribution in [0.3, 0.4) is 0 Å². The zero-order valence-corrected chi connectivity index (χ0v) is 10.6. The van der Waals surface area contributed by atoms with E-state index in [0.717, 1.165) is 0 Å². The van der Waals surface area contributed by atoms with Gasteiger partial charge in [-0.1, -0.05) is 13.8 Å². The van der Waals surface area contributed by atoms with E-state index in [-0.39, 0.29) is 44.0 Å². The van der Waals surface area contributed by atoms with Crippen LogP contribution < -0.4 is 5.32 Å². The third-order valence-electron chi connectivity index (χ3n) is 2.34. The molecule has 0 aliphatic carbocycles. The molecule has 1 unspecified atom stereocenters. The van der Waals surface area contributed by atoms with Gasteiger partial charge in [0.25, 0.3) is 0 Å². The lowest BCUT2D eigenvalue weighted by Gasteiger charge is -2.28. The smallest absolute Gasteiger partial charge is 0.245 e. The van der Waals surface area contributed by atoms with E-state index >= 15 is 0 Å². The summed E-state index contributed by atoms with van der Waals surface area (Å²) in [6, 6.07) is -0.620. The largest absolute Gasteiger partial charge is 0.395 e. The fraction of sp³-hybridized carbons (Fsp3) is 0.818. The zero-order chi connectivity index (χ0) is 13.4. The Kier molecular flexibility index (Phi) is 7.49. The van der Waals surface area contributed by atoms with Crippen molar-refractivity contribution >= 4 is 11.8 Å². The van der Waals surface area contributed by atoms with Gasteiger partial charge in [-0.25, -0.2) is 0 Å². The molecule has 100 valence electrons. The maximum atomic E-state index is 12.1. The number of nitrogens with one attached hydrogen (secondary N) is 1. The van der Waals surface area contributed by atoms with Gasteiger partial charge in [0.05, 0.1) is 13.2 Å². The van der Waals surface area contributed by atoms with Crippen LogP contribution in [0.25, 0.3) is 0 Å². The summed E-state index contributed by atoms with van der Waals surface area (Å²) in [5.41, 5.74) is 0. The average molecular weight is 246 g/mol. The Hall–Kier alpha value is -1.14.